The number of carbonyl (C=O) groups is 2. The van der Waals surface area contributed by atoms with Gasteiger partial charge in [0.1, 0.15) is 0 Å². The van der Waals surface area contributed by atoms with E-state index in [0.29, 0.717) is 6.54 Å². The highest BCUT2D eigenvalue weighted by molar-refractivity contribution is 5.87. The number of aromatic nitrogens is 2. The fourth-order valence-electron chi connectivity index (χ4n) is 1.58. The summed E-state index contributed by atoms with van der Waals surface area (Å²) in [7, 11) is 0. The van der Waals surface area contributed by atoms with Crippen LogP contribution in [0.25, 0.3) is 0 Å². The topological polar surface area (TPSA) is 95.1 Å². The highest BCUT2D eigenvalue weighted by Gasteiger charge is 2.05. The monoisotopic (exact) mass is 259 g/mol. The molecule has 0 fully saturated rings. The van der Waals surface area contributed by atoms with Crippen LogP contribution >= 0.6 is 0 Å². The van der Waals surface area contributed by atoms with Crippen LogP contribution in [0.15, 0.2) is 36.5 Å². The van der Waals surface area contributed by atoms with Gasteiger partial charge in [0, 0.05) is 18.4 Å². The highest BCUT2D eigenvalue weighted by Crippen LogP contribution is 2.04. The van der Waals surface area contributed by atoms with E-state index in [1.54, 1.807) is 24.4 Å². The summed E-state index contributed by atoms with van der Waals surface area (Å²) in [5.41, 5.74) is 1.83. The number of benzene rings is 1. The number of hydrogen-bond donors (Lipinski definition) is 3. The summed E-state index contributed by atoms with van der Waals surface area (Å²) in [4.78, 5) is 22.3. The number of nitrogens with zero attached hydrogens (tertiary/aromatic N) is 1. The van der Waals surface area contributed by atoms with E-state index in [2.05, 4.69) is 15.5 Å². The number of amides is 1. The van der Waals surface area contributed by atoms with E-state index in [1.807, 2.05) is 0 Å². The smallest absolute Gasteiger partial charge is 0.335 e. The Kier molecular flexibility index (Phi) is 3.92. The molecule has 1 aromatic carbocycles. The van der Waals surface area contributed by atoms with Crippen molar-refractivity contribution >= 4 is 11.9 Å². The van der Waals surface area contributed by atoms with E-state index in [1.165, 1.54) is 12.1 Å². The van der Waals surface area contributed by atoms with Gasteiger partial charge in [-0.2, -0.15) is 5.10 Å². The van der Waals surface area contributed by atoms with Gasteiger partial charge in [-0.15, -0.1) is 0 Å². The van der Waals surface area contributed by atoms with Crippen molar-refractivity contribution < 1.29 is 14.7 Å². The molecule has 1 amide bonds. The number of aromatic amines is 1. The highest BCUT2D eigenvalue weighted by atomic mass is 16.4. The van der Waals surface area contributed by atoms with Gasteiger partial charge in [0.2, 0.25) is 5.91 Å². The molecule has 19 heavy (non-hydrogen) atoms. The van der Waals surface area contributed by atoms with Gasteiger partial charge >= 0.3 is 5.97 Å². The van der Waals surface area contributed by atoms with Gasteiger partial charge in [-0.05, 0) is 23.8 Å². The van der Waals surface area contributed by atoms with Crippen LogP contribution in [0.3, 0.4) is 0 Å². The number of hydrogen-bond acceptors (Lipinski definition) is 3. The minimum atomic E-state index is -0.963. The number of aromatic carboxylic acids is 1. The average molecular weight is 259 g/mol. The van der Waals surface area contributed by atoms with Crippen molar-refractivity contribution in [3.8, 4) is 0 Å². The molecule has 0 saturated carbocycles. The molecule has 0 spiro atoms. The second kappa shape index (κ2) is 5.81. The van der Waals surface area contributed by atoms with Crippen LogP contribution < -0.4 is 5.32 Å². The van der Waals surface area contributed by atoms with Crippen LogP contribution in [-0.2, 0) is 17.8 Å². The molecule has 0 aliphatic carbocycles. The Morgan fingerprint density at radius 1 is 1.21 bits per heavy atom. The van der Waals surface area contributed by atoms with Crippen LogP contribution in [-0.4, -0.2) is 27.2 Å². The van der Waals surface area contributed by atoms with Gasteiger partial charge < -0.3 is 10.4 Å². The molecule has 0 unspecified atom stereocenters. The molecule has 3 N–H and O–H groups in total. The predicted molar refractivity (Wildman–Crippen MR) is 67.5 cm³/mol. The van der Waals surface area contributed by atoms with Crippen molar-refractivity contribution in [2.24, 2.45) is 0 Å². The first-order valence-electron chi connectivity index (χ1n) is 5.72. The molecule has 0 radical (unpaired) electrons. The first-order valence-corrected chi connectivity index (χ1v) is 5.72. The summed E-state index contributed by atoms with van der Waals surface area (Å²) >= 11 is 0. The van der Waals surface area contributed by atoms with Gasteiger partial charge in [0.25, 0.3) is 0 Å². The lowest BCUT2D eigenvalue weighted by Gasteiger charge is -2.05. The SMILES string of the molecule is O=C(Cc1ccn[nH]1)NCc1ccc(C(=O)O)cc1. The number of carboxylic acids is 1. The quantitative estimate of drug-likeness (QED) is 0.745. The van der Waals surface area contributed by atoms with Crippen molar-refractivity contribution in [1.82, 2.24) is 15.5 Å². The number of carbonyl (C=O) groups excluding carboxylic acids is 1. The van der Waals surface area contributed by atoms with Gasteiger partial charge in [-0.1, -0.05) is 12.1 Å². The Labute approximate surface area is 109 Å². The summed E-state index contributed by atoms with van der Waals surface area (Å²) < 4.78 is 0. The van der Waals surface area contributed by atoms with Gasteiger partial charge in [0.15, 0.2) is 0 Å². The molecule has 6 heteroatoms. The Balaban J connectivity index is 1.84. The van der Waals surface area contributed by atoms with Crippen molar-refractivity contribution in [2.75, 3.05) is 0 Å². The van der Waals surface area contributed by atoms with E-state index in [4.69, 9.17) is 5.11 Å². The van der Waals surface area contributed by atoms with Crippen molar-refractivity contribution in [3.63, 3.8) is 0 Å². The Morgan fingerprint density at radius 2 is 1.95 bits per heavy atom. The maximum atomic E-state index is 11.6. The Morgan fingerprint density at radius 3 is 2.53 bits per heavy atom. The van der Waals surface area contributed by atoms with Crippen LogP contribution in [0.1, 0.15) is 21.6 Å². The van der Waals surface area contributed by atoms with Gasteiger partial charge in [-0.25, -0.2) is 4.79 Å². The van der Waals surface area contributed by atoms with E-state index in [0.717, 1.165) is 11.3 Å². The van der Waals surface area contributed by atoms with Crippen LogP contribution in [0.5, 0.6) is 0 Å². The number of rotatable bonds is 5. The number of carboxylic acid groups (broad SMARTS) is 1. The first-order chi connectivity index (χ1) is 9.15. The summed E-state index contributed by atoms with van der Waals surface area (Å²) in [6, 6.07) is 8.12. The van der Waals surface area contributed by atoms with Gasteiger partial charge in [-0.3, -0.25) is 9.89 Å². The summed E-state index contributed by atoms with van der Waals surface area (Å²) in [6.07, 6.45) is 1.83. The van der Waals surface area contributed by atoms with Crippen LogP contribution in [0.4, 0.5) is 0 Å². The van der Waals surface area contributed by atoms with E-state index < -0.39 is 5.97 Å². The summed E-state index contributed by atoms with van der Waals surface area (Å²) in [6.45, 7) is 0.368. The molecule has 6 nitrogen and oxygen atoms in total. The van der Waals surface area contributed by atoms with Gasteiger partial charge in [0.05, 0.1) is 12.0 Å². The van der Waals surface area contributed by atoms with Crippen molar-refractivity contribution in [3.05, 3.63) is 53.3 Å². The zero-order valence-electron chi connectivity index (χ0n) is 10.1. The third-order valence-corrected chi connectivity index (χ3v) is 2.60. The molecule has 98 valence electrons. The zero-order valence-corrected chi connectivity index (χ0v) is 10.1. The molecule has 0 aliphatic heterocycles. The molecule has 0 atom stereocenters. The average Bonchev–Trinajstić information content (AvgIpc) is 2.89. The zero-order chi connectivity index (χ0) is 13.7. The Hall–Kier alpha value is -2.63. The molecule has 0 aliphatic rings. The van der Waals surface area contributed by atoms with Crippen molar-refractivity contribution in [2.45, 2.75) is 13.0 Å². The minimum Gasteiger partial charge on any atom is -0.478 e. The maximum Gasteiger partial charge on any atom is 0.335 e. The molecule has 0 saturated heterocycles. The first kappa shape index (κ1) is 12.8. The predicted octanol–water partition coefficient (Wildman–Crippen LogP) is 0.967. The lowest BCUT2D eigenvalue weighted by atomic mass is 10.1. The molecule has 1 aromatic heterocycles. The molecular formula is C13H13N3O3. The second-order valence-electron chi connectivity index (χ2n) is 4.04. The third-order valence-electron chi connectivity index (χ3n) is 2.60. The van der Waals surface area contributed by atoms with E-state index in [9.17, 15) is 9.59 Å². The Bertz CT molecular complexity index is 561. The summed E-state index contributed by atoms with van der Waals surface area (Å²) in [5, 5.41) is 18.0. The standard InChI is InChI=1S/C13H13N3O3/c17-12(7-11-5-6-15-16-11)14-8-9-1-3-10(4-2-9)13(18)19/h1-6H,7-8H2,(H,14,17)(H,15,16)(H,18,19). The normalized spacial score (nSPS) is 10.1. The number of nitrogens with one attached hydrogen (secondary N) is 2. The van der Waals surface area contributed by atoms with Crippen molar-refractivity contribution in [1.29, 1.82) is 0 Å². The van der Waals surface area contributed by atoms with E-state index in [-0.39, 0.29) is 17.9 Å². The fraction of sp³-hybridized carbons (Fsp3) is 0.154. The number of H-pyrrole nitrogens is 1. The molecule has 2 rings (SSSR count). The fourth-order valence-corrected chi connectivity index (χ4v) is 1.58. The van der Waals surface area contributed by atoms with Crippen LogP contribution in [0, 0.1) is 0 Å². The largest absolute Gasteiger partial charge is 0.478 e. The van der Waals surface area contributed by atoms with Crippen LogP contribution in [0.2, 0.25) is 0 Å². The molecule has 2 aromatic rings. The third kappa shape index (κ3) is 3.67. The summed E-state index contributed by atoms with van der Waals surface area (Å²) in [5.74, 6) is -1.08. The lowest BCUT2D eigenvalue weighted by Crippen LogP contribution is -2.24. The molecule has 1 heterocycles. The molecule has 0 bridgehead atoms. The minimum absolute atomic E-state index is 0.119. The second-order valence-corrected chi connectivity index (χ2v) is 4.04. The molecular weight excluding hydrogens is 246 g/mol. The maximum absolute atomic E-state index is 11.6. The van der Waals surface area contributed by atoms with E-state index >= 15 is 0 Å². The lowest BCUT2D eigenvalue weighted by molar-refractivity contribution is -0.120.